The quantitative estimate of drug-likeness (QED) is 0.588. The van der Waals surface area contributed by atoms with Gasteiger partial charge < -0.3 is 14.8 Å². The predicted molar refractivity (Wildman–Crippen MR) is 84.7 cm³/mol. The van der Waals surface area contributed by atoms with E-state index in [-0.39, 0.29) is 17.9 Å². The van der Waals surface area contributed by atoms with Gasteiger partial charge in [-0.15, -0.1) is 0 Å². The van der Waals surface area contributed by atoms with Crippen LogP contribution in [0.1, 0.15) is 39.0 Å². The van der Waals surface area contributed by atoms with E-state index in [1.165, 1.54) is 12.3 Å². The van der Waals surface area contributed by atoms with Crippen LogP contribution in [0.3, 0.4) is 0 Å². The molecular formula is C17H25FN2O3. The molecule has 1 aliphatic carbocycles. The lowest BCUT2D eigenvalue weighted by Crippen LogP contribution is -2.31. The molecule has 1 aromatic rings. The molecule has 0 amide bonds. The number of hydrogen-bond acceptors (Lipinski definition) is 5. The molecule has 0 spiro atoms. The van der Waals surface area contributed by atoms with Crippen LogP contribution in [-0.4, -0.2) is 36.8 Å². The number of rotatable bonds is 8. The Labute approximate surface area is 136 Å². The molecule has 1 N–H and O–H groups in total. The minimum atomic E-state index is -0.352. The highest BCUT2D eigenvalue weighted by Gasteiger charge is 2.22. The second-order valence-corrected chi connectivity index (χ2v) is 5.83. The van der Waals surface area contributed by atoms with Gasteiger partial charge in [0.25, 0.3) is 0 Å². The van der Waals surface area contributed by atoms with Gasteiger partial charge in [-0.05, 0) is 51.1 Å². The maximum atomic E-state index is 12.8. The molecule has 6 heteroatoms. The zero-order valence-electron chi connectivity index (χ0n) is 13.6. The summed E-state index contributed by atoms with van der Waals surface area (Å²) in [6, 6.07) is 2.93. The Bertz CT molecular complexity index is 473. The van der Waals surface area contributed by atoms with Gasteiger partial charge >= 0.3 is 5.97 Å². The Balaban J connectivity index is 1.58. The summed E-state index contributed by atoms with van der Waals surface area (Å²) in [5.41, 5.74) is 0. The van der Waals surface area contributed by atoms with Gasteiger partial charge in [0.15, 0.2) is 0 Å². The summed E-state index contributed by atoms with van der Waals surface area (Å²) in [4.78, 5) is 15.2. The lowest BCUT2D eigenvalue weighted by Gasteiger charge is -2.28. The lowest BCUT2D eigenvalue weighted by atomic mass is 9.87. The van der Waals surface area contributed by atoms with Crippen molar-refractivity contribution in [2.75, 3.05) is 19.7 Å². The first-order valence-electron chi connectivity index (χ1n) is 8.32. The molecule has 2 rings (SSSR count). The highest BCUT2D eigenvalue weighted by Crippen LogP contribution is 2.26. The summed E-state index contributed by atoms with van der Waals surface area (Å²) in [6.07, 6.45) is 5.86. The van der Waals surface area contributed by atoms with Crippen LogP contribution < -0.4 is 10.1 Å². The number of ether oxygens (including phenoxy) is 2. The zero-order chi connectivity index (χ0) is 16.5. The number of halogens is 1. The second-order valence-electron chi connectivity index (χ2n) is 5.83. The zero-order valence-corrected chi connectivity index (χ0v) is 13.6. The first kappa shape index (κ1) is 17.7. The summed E-state index contributed by atoms with van der Waals surface area (Å²) < 4.78 is 23.5. The number of hydrogen-bond donors (Lipinski definition) is 1. The average Bonchev–Trinajstić information content (AvgIpc) is 2.55. The predicted octanol–water partition coefficient (Wildman–Crippen LogP) is 2.70. The molecule has 0 unspecified atom stereocenters. The molecule has 1 aliphatic rings. The molecule has 1 aromatic heterocycles. The molecule has 0 aliphatic heterocycles. The molecule has 1 heterocycles. The smallest absolute Gasteiger partial charge is 0.307 e. The highest BCUT2D eigenvalue weighted by molar-refractivity contribution is 5.69. The largest absolute Gasteiger partial charge is 0.474 e. The van der Waals surface area contributed by atoms with Crippen molar-refractivity contribution < 1.29 is 18.7 Å². The summed E-state index contributed by atoms with van der Waals surface area (Å²) >= 11 is 0. The molecular weight excluding hydrogens is 299 g/mol. The lowest BCUT2D eigenvalue weighted by molar-refractivity contribution is -0.142. The fourth-order valence-corrected chi connectivity index (χ4v) is 2.79. The molecule has 1 saturated carbocycles. The first-order valence-corrected chi connectivity index (χ1v) is 8.32. The molecule has 5 nitrogen and oxygen atoms in total. The molecule has 0 radical (unpaired) electrons. The Morgan fingerprint density at radius 3 is 2.78 bits per heavy atom. The fraction of sp³-hybridized carbons (Fsp3) is 0.647. The van der Waals surface area contributed by atoms with E-state index in [1.54, 1.807) is 6.07 Å². The molecule has 0 bridgehead atoms. The van der Waals surface area contributed by atoms with Gasteiger partial charge in [-0.1, -0.05) is 0 Å². The first-order chi connectivity index (χ1) is 11.2. The third-order valence-corrected chi connectivity index (χ3v) is 4.03. The van der Waals surface area contributed by atoms with E-state index < -0.39 is 0 Å². The number of aromatic nitrogens is 1. The molecule has 23 heavy (non-hydrogen) atoms. The minimum Gasteiger partial charge on any atom is -0.474 e. The van der Waals surface area contributed by atoms with Crippen LogP contribution in [0, 0.1) is 11.7 Å². The Morgan fingerprint density at radius 2 is 2.13 bits per heavy atom. The van der Waals surface area contributed by atoms with Gasteiger partial charge in [0.1, 0.15) is 11.9 Å². The van der Waals surface area contributed by atoms with Gasteiger partial charge in [0, 0.05) is 12.6 Å². The Kier molecular flexibility index (Phi) is 7.26. The third kappa shape index (κ3) is 6.52. The van der Waals surface area contributed by atoms with Crippen molar-refractivity contribution >= 4 is 5.97 Å². The van der Waals surface area contributed by atoms with Crippen LogP contribution in [0.4, 0.5) is 4.39 Å². The highest BCUT2D eigenvalue weighted by atomic mass is 19.1. The normalized spacial score (nSPS) is 21.0. The SMILES string of the molecule is CCOC(=O)CCNC[C@H]1CC[C@@H](Oc2ccc(F)cn2)CC1. The number of carbonyl (C=O) groups excluding carboxylic acids is 1. The van der Waals surface area contributed by atoms with Gasteiger partial charge in [0.05, 0.1) is 19.2 Å². The van der Waals surface area contributed by atoms with Gasteiger partial charge in [-0.2, -0.15) is 0 Å². The number of carbonyl (C=O) groups is 1. The summed E-state index contributed by atoms with van der Waals surface area (Å²) in [6.45, 7) is 3.83. The number of nitrogens with zero attached hydrogens (tertiary/aromatic N) is 1. The average molecular weight is 324 g/mol. The number of esters is 1. The maximum Gasteiger partial charge on any atom is 0.307 e. The topological polar surface area (TPSA) is 60.5 Å². The van der Waals surface area contributed by atoms with Crippen LogP contribution in [0.25, 0.3) is 0 Å². The van der Waals surface area contributed by atoms with Crippen LogP contribution in [0.5, 0.6) is 5.88 Å². The van der Waals surface area contributed by atoms with Crippen LogP contribution >= 0.6 is 0 Å². The van der Waals surface area contributed by atoms with Crippen molar-refractivity contribution in [3.63, 3.8) is 0 Å². The van der Waals surface area contributed by atoms with E-state index in [0.717, 1.165) is 32.2 Å². The van der Waals surface area contributed by atoms with E-state index in [0.29, 0.717) is 31.4 Å². The molecule has 1 fully saturated rings. The standard InChI is InChI=1S/C17H25FN2O3/c1-2-22-17(21)9-10-19-11-13-3-6-15(7-4-13)23-16-8-5-14(18)12-20-16/h5,8,12-13,15,19H,2-4,6-7,9-11H2,1H3/t13-,15+. The molecule has 0 atom stereocenters. The van der Waals surface area contributed by atoms with E-state index >= 15 is 0 Å². The van der Waals surface area contributed by atoms with Crippen molar-refractivity contribution in [2.24, 2.45) is 5.92 Å². The third-order valence-electron chi connectivity index (χ3n) is 4.03. The second kappa shape index (κ2) is 9.45. The Hall–Kier alpha value is -1.69. The van der Waals surface area contributed by atoms with E-state index in [9.17, 15) is 9.18 Å². The summed E-state index contributed by atoms with van der Waals surface area (Å²) in [7, 11) is 0. The van der Waals surface area contributed by atoms with E-state index in [4.69, 9.17) is 9.47 Å². The monoisotopic (exact) mass is 324 g/mol. The van der Waals surface area contributed by atoms with Crippen LogP contribution in [0.2, 0.25) is 0 Å². The minimum absolute atomic E-state index is 0.149. The van der Waals surface area contributed by atoms with Crippen LogP contribution in [0.15, 0.2) is 18.3 Å². The maximum absolute atomic E-state index is 12.8. The van der Waals surface area contributed by atoms with Gasteiger partial charge in [-0.25, -0.2) is 9.37 Å². The molecule has 0 saturated heterocycles. The Morgan fingerprint density at radius 1 is 1.35 bits per heavy atom. The van der Waals surface area contributed by atoms with Crippen molar-refractivity contribution in [2.45, 2.75) is 45.1 Å². The molecule has 0 aromatic carbocycles. The number of nitrogens with one attached hydrogen (secondary N) is 1. The molecule has 128 valence electrons. The fourth-order valence-electron chi connectivity index (χ4n) is 2.79. The van der Waals surface area contributed by atoms with E-state index in [2.05, 4.69) is 10.3 Å². The van der Waals surface area contributed by atoms with E-state index in [1.807, 2.05) is 6.92 Å². The summed E-state index contributed by atoms with van der Waals surface area (Å²) in [5.74, 6) is 0.597. The van der Waals surface area contributed by atoms with Crippen molar-refractivity contribution in [1.29, 1.82) is 0 Å². The number of pyridine rings is 1. The van der Waals surface area contributed by atoms with Gasteiger partial charge in [0.2, 0.25) is 5.88 Å². The van der Waals surface area contributed by atoms with Crippen molar-refractivity contribution in [1.82, 2.24) is 10.3 Å². The van der Waals surface area contributed by atoms with Gasteiger partial charge in [-0.3, -0.25) is 4.79 Å². The summed E-state index contributed by atoms with van der Waals surface area (Å²) in [5, 5.41) is 3.32. The van der Waals surface area contributed by atoms with Crippen molar-refractivity contribution in [3.05, 3.63) is 24.1 Å². The van der Waals surface area contributed by atoms with Crippen LogP contribution in [-0.2, 0) is 9.53 Å². The van der Waals surface area contributed by atoms with Crippen molar-refractivity contribution in [3.8, 4) is 5.88 Å².